The lowest BCUT2D eigenvalue weighted by atomic mass is 10.3. The fourth-order valence-electron chi connectivity index (χ4n) is 1.81. The number of hydrogen-bond donors (Lipinski definition) is 2. The summed E-state index contributed by atoms with van der Waals surface area (Å²) in [7, 11) is 0. The number of halogens is 1. The van der Waals surface area contributed by atoms with Gasteiger partial charge in [0.05, 0.1) is 19.6 Å². The van der Waals surface area contributed by atoms with Gasteiger partial charge in [-0.2, -0.15) is 0 Å². The lowest BCUT2D eigenvalue weighted by Gasteiger charge is -2.14. The molecule has 0 saturated heterocycles. The van der Waals surface area contributed by atoms with Gasteiger partial charge in [-0.15, -0.1) is 11.8 Å². The summed E-state index contributed by atoms with van der Waals surface area (Å²) >= 11 is 1.88. The molecule has 1 rings (SSSR count). The van der Waals surface area contributed by atoms with E-state index in [2.05, 4.69) is 13.8 Å². The van der Waals surface area contributed by atoms with Crippen molar-refractivity contribution in [3.05, 3.63) is 24.3 Å². The van der Waals surface area contributed by atoms with Gasteiger partial charge in [-0.3, -0.25) is 0 Å². The Bertz CT molecular complexity index is 301. The highest BCUT2D eigenvalue weighted by Gasteiger charge is 2.01. The molecular formula is C14H24ClNOS. The fourth-order valence-corrected chi connectivity index (χ4v) is 2.73. The molecule has 0 radical (unpaired) electrons. The quantitative estimate of drug-likeness (QED) is 0.484. The van der Waals surface area contributed by atoms with Crippen molar-refractivity contribution < 1.29 is 22.4 Å². The van der Waals surface area contributed by atoms with Crippen LogP contribution >= 0.6 is 11.8 Å². The van der Waals surface area contributed by atoms with Crippen molar-refractivity contribution in [2.45, 2.75) is 31.6 Å². The van der Waals surface area contributed by atoms with Crippen LogP contribution in [0.5, 0.6) is 5.75 Å². The number of thioether (sulfide) groups is 1. The molecule has 0 aliphatic heterocycles. The highest BCUT2D eigenvalue weighted by molar-refractivity contribution is 7.99. The van der Waals surface area contributed by atoms with Crippen LogP contribution in [0.25, 0.3) is 0 Å². The topological polar surface area (TPSA) is 24.7 Å². The number of aromatic hydroxyl groups is 1. The van der Waals surface area contributed by atoms with E-state index in [9.17, 15) is 0 Å². The molecule has 2 N–H and O–H groups in total. The monoisotopic (exact) mass is 289 g/mol. The first-order valence-corrected chi connectivity index (χ1v) is 7.50. The number of benzene rings is 1. The average Bonchev–Trinajstić information content (AvgIpc) is 2.36. The Labute approximate surface area is 121 Å². The lowest BCUT2D eigenvalue weighted by Crippen LogP contribution is -3.11. The van der Waals surface area contributed by atoms with Crippen molar-refractivity contribution in [2.24, 2.45) is 0 Å². The Morgan fingerprint density at radius 3 is 2.22 bits per heavy atom. The molecule has 0 aromatic heterocycles. The molecule has 1 aromatic rings. The minimum absolute atomic E-state index is 0. The molecule has 0 spiro atoms. The van der Waals surface area contributed by atoms with Gasteiger partial charge in [-0.25, -0.2) is 0 Å². The molecule has 0 fully saturated rings. The largest absolute Gasteiger partial charge is 1.00 e. The third-order valence-corrected chi connectivity index (χ3v) is 4.13. The summed E-state index contributed by atoms with van der Waals surface area (Å²) in [4.78, 5) is 2.94. The van der Waals surface area contributed by atoms with Gasteiger partial charge in [0.15, 0.2) is 0 Å². The van der Waals surface area contributed by atoms with E-state index in [1.807, 2.05) is 23.9 Å². The zero-order valence-electron chi connectivity index (χ0n) is 11.3. The second-order valence-corrected chi connectivity index (χ2v) is 5.42. The van der Waals surface area contributed by atoms with Gasteiger partial charge >= 0.3 is 0 Å². The molecule has 0 atom stereocenters. The minimum Gasteiger partial charge on any atom is -1.00 e. The molecule has 0 aliphatic carbocycles. The Balaban J connectivity index is 0.00000289. The molecule has 2 nitrogen and oxygen atoms in total. The van der Waals surface area contributed by atoms with Crippen LogP contribution in [-0.2, 0) is 0 Å². The average molecular weight is 290 g/mol. The molecule has 4 heteroatoms. The van der Waals surface area contributed by atoms with Crippen LogP contribution in [0.3, 0.4) is 0 Å². The summed E-state index contributed by atoms with van der Waals surface area (Å²) < 4.78 is 0. The molecule has 0 saturated carbocycles. The second-order valence-electron chi connectivity index (χ2n) is 4.26. The third-order valence-electron chi connectivity index (χ3n) is 3.03. The summed E-state index contributed by atoms with van der Waals surface area (Å²) in [6, 6.07) is 7.47. The molecular weight excluding hydrogens is 266 g/mol. The SMILES string of the molecule is CC[NH+](CC)CCCCSc1ccc(O)cc1.[Cl-]. The number of phenols is 1. The van der Waals surface area contributed by atoms with Crippen molar-refractivity contribution in [1.29, 1.82) is 0 Å². The van der Waals surface area contributed by atoms with E-state index in [1.54, 1.807) is 17.0 Å². The van der Waals surface area contributed by atoms with Crippen molar-refractivity contribution >= 4 is 11.8 Å². The van der Waals surface area contributed by atoms with Crippen LogP contribution in [0.15, 0.2) is 29.2 Å². The number of phenolic OH excluding ortho intramolecular Hbond substituents is 1. The van der Waals surface area contributed by atoms with Crippen LogP contribution in [0.2, 0.25) is 0 Å². The molecule has 0 aliphatic rings. The van der Waals surface area contributed by atoms with E-state index in [4.69, 9.17) is 5.11 Å². The summed E-state index contributed by atoms with van der Waals surface area (Å²) in [5.74, 6) is 1.52. The molecule has 0 amide bonds. The predicted molar refractivity (Wildman–Crippen MR) is 75.0 cm³/mol. The molecule has 0 unspecified atom stereocenters. The molecule has 1 aromatic carbocycles. The zero-order valence-corrected chi connectivity index (χ0v) is 12.9. The van der Waals surface area contributed by atoms with E-state index in [0.29, 0.717) is 5.75 Å². The van der Waals surface area contributed by atoms with Crippen LogP contribution < -0.4 is 17.3 Å². The van der Waals surface area contributed by atoms with E-state index in [1.165, 1.54) is 43.1 Å². The summed E-state index contributed by atoms with van der Waals surface area (Å²) in [6.07, 6.45) is 2.58. The summed E-state index contributed by atoms with van der Waals surface area (Å²) in [5, 5.41) is 9.17. The summed E-state index contributed by atoms with van der Waals surface area (Å²) in [5.41, 5.74) is 0. The van der Waals surface area contributed by atoms with Crippen LogP contribution in [-0.4, -0.2) is 30.5 Å². The second kappa shape index (κ2) is 10.5. The smallest absolute Gasteiger partial charge is 0.115 e. The minimum atomic E-state index is 0. The van der Waals surface area contributed by atoms with Crippen molar-refractivity contribution in [3.63, 3.8) is 0 Å². The molecule has 18 heavy (non-hydrogen) atoms. The Kier molecular flexibility index (Phi) is 10.3. The van der Waals surface area contributed by atoms with Crippen molar-refractivity contribution in [3.8, 4) is 5.75 Å². The third kappa shape index (κ3) is 7.14. The standard InChI is InChI=1S/C14H23NOS.ClH/c1-3-15(4-2)11-5-6-12-17-14-9-7-13(16)8-10-14;/h7-10,16H,3-6,11-12H2,1-2H3;1H. The fraction of sp³-hybridized carbons (Fsp3) is 0.571. The van der Waals surface area contributed by atoms with Crippen LogP contribution in [0.1, 0.15) is 26.7 Å². The van der Waals surface area contributed by atoms with Gasteiger partial charge < -0.3 is 22.4 Å². The number of unbranched alkanes of at least 4 members (excludes halogenated alkanes) is 1. The van der Waals surface area contributed by atoms with Crippen LogP contribution in [0, 0.1) is 0 Å². The summed E-state index contributed by atoms with van der Waals surface area (Å²) in [6.45, 7) is 8.28. The van der Waals surface area contributed by atoms with Gasteiger partial charge in [0, 0.05) is 4.90 Å². The van der Waals surface area contributed by atoms with Gasteiger partial charge in [0.2, 0.25) is 0 Å². The van der Waals surface area contributed by atoms with Crippen molar-refractivity contribution in [2.75, 3.05) is 25.4 Å². The molecule has 0 bridgehead atoms. The van der Waals surface area contributed by atoms with E-state index >= 15 is 0 Å². The van der Waals surface area contributed by atoms with E-state index < -0.39 is 0 Å². The normalized spacial score (nSPS) is 10.4. The lowest BCUT2D eigenvalue weighted by molar-refractivity contribution is -0.896. The first-order valence-electron chi connectivity index (χ1n) is 6.51. The van der Waals surface area contributed by atoms with Gasteiger partial charge in [0.25, 0.3) is 0 Å². The Morgan fingerprint density at radius 2 is 1.67 bits per heavy atom. The maximum absolute atomic E-state index is 9.17. The number of quaternary nitrogens is 1. The maximum Gasteiger partial charge on any atom is 0.115 e. The number of hydrogen-bond acceptors (Lipinski definition) is 2. The van der Waals surface area contributed by atoms with Gasteiger partial charge in [-0.1, -0.05) is 0 Å². The van der Waals surface area contributed by atoms with Crippen molar-refractivity contribution in [1.82, 2.24) is 0 Å². The van der Waals surface area contributed by atoms with Gasteiger partial charge in [0.1, 0.15) is 5.75 Å². The van der Waals surface area contributed by atoms with E-state index in [0.717, 1.165) is 0 Å². The highest BCUT2D eigenvalue weighted by Crippen LogP contribution is 2.21. The highest BCUT2D eigenvalue weighted by atomic mass is 35.5. The first-order chi connectivity index (χ1) is 8.26. The number of rotatable bonds is 8. The first kappa shape index (κ1) is 17.6. The van der Waals surface area contributed by atoms with Gasteiger partial charge in [-0.05, 0) is 56.7 Å². The maximum atomic E-state index is 9.17. The molecule has 0 heterocycles. The predicted octanol–water partition coefficient (Wildman–Crippen LogP) is -0.807. The molecule has 104 valence electrons. The Morgan fingerprint density at radius 1 is 1.06 bits per heavy atom. The Hall–Kier alpha value is -0.380. The number of nitrogens with one attached hydrogen (secondary N) is 1. The zero-order chi connectivity index (χ0) is 12.5. The van der Waals surface area contributed by atoms with E-state index in [-0.39, 0.29) is 12.4 Å². The van der Waals surface area contributed by atoms with Crippen LogP contribution in [0.4, 0.5) is 0 Å².